The summed E-state index contributed by atoms with van der Waals surface area (Å²) in [6, 6.07) is 11.0. The minimum Gasteiger partial charge on any atom is -0.383 e. The first-order valence-corrected chi connectivity index (χ1v) is 7.75. The second-order valence-corrected chi connectivity index (χ2v) is 5.70. The quantitative estimate of drug-likeness (QED) is 0.728. The van der Waals surface area contributed by atoms with Gasteiger partial charge in [0.2, 0.25) is 0 Å². The van der Waals surface area contributed by atoms with E-state index in [-0.39, 0.29) is 0 Å². The predicted molar refractivity (Wildman–Crippen MR) is 83.0 cm³/mol. The Morgan fingerprint density at radius 2 is 2.21 bits per heavy atom. The average molecular weight is 278 g/mol. The van der Waals surface area contributed by atoms with Crippen molar-refractivity contribution in [3.63, 3.8) is 0 Å². The van der Waals surface area contributed by atoms with Crippen molar-refractivity contribution in [3.05, 3.63) is 30.3 Å². The number of hydrogen-bond donors (Lipinski definition) is 2. The van der Waals surface area contributed by atoms with Crippen LogP contribution in [-0.4, -0.2) is 37.0 Å². The molecular weight excluding hydrogens is 256 g/mol. The standard InChI is InChI=1S/C15H22N2OS/c1-3-8-16-13(10-18-2)11-19-15-9-12-6-4-5-7-14(12)17-15/h4-7,9,13,16-17H,3,8,10-11H2,1-2H3. The van der Waals surface area contributed by atoms with E-state index >= 15 is 0 Å². The number of methoxy groups -OCH3 is 1. The number of hydrogen-bond acceptors (Lipinski definition) is 3. The minimum atomic E-state index is 0.404. The molecule has 1 atom stereocenters. The van der Waals surface area contributed by atoms with E-state index in [9.17, 15) is 0 Å². The number of aromatic nitrogens is 1. The molecule has 1 heterocycles. The zero-order valence-electron chi connectivity index (χ0n) is 11.6. The largest absolute Gasteiger partial charge is 0.383 e. The second kappa shape index (κ2) is 7.58. The molecule has 2 aromatic rings. The Morgan fingerprint density at radius 3 is 2.95 bits per heavy atom. The van der Waals surface area contributed by atoms with Gasteiger partial charge >= 0.3 is 0 Å². The van der Waals surface area contributed by atoms with Crippen molar-refractivity contribution in [1.82, 2.24) is 10.3 Å². The topological polar surface area (TPSA) is 37.0 Å². The highest BCUT2D eigenvalue weighted by atomic mass is 32.2. The molecule has 4 heteroatoms. The molecule has 0 radical (unpaired) electrons. The van der Waals surface area contributed by atoms with Crippen LogP contribution in [0.25, 0.3) is 10.9 Å². The number of thioether (sulfide) groups is 1. The van der Waals surface area contributed by atoms with Crippen molar-refractivity contribution in [2.75, 3.05) is 26.0 Å². The summed E-state index contributed by atoms with van der Waals surface area (Å²) in [5, 5.41) is 6.01. The van der Waals surface area contributed by atoms with E-state index in [1.165, 1.54) is 15.9 Å². The lowest BCUT2D eigenvalue weighted by molar-refractivity contribution is 0.174. The third-order valence-corrected chi connectivity index (χ3v) is 4.10. The number of benzene rings is 1. The summed E-state index contributed by atoms with van der Waals surface area (Å²) >= 11 is 1.85. The maximum atomic E-state index is 5.26. The van der Waals surface area contributed by atoms with Gasteiger partial charge in [0.25, 0.3) is 0 Å². The van der Waals surface area contributed by atoms with Gasteiger partial charge in [-0.15, -0.1) is 11.8 Å². The lowest BCUT2D eigenvalue weighted by Crippen LogP contribution is -2.35. The molecule has 0 saturated carbocycles. The van der Waals surface area contributed by atoms with Crippen molar-refractivity contribution in [2.24, 2.45) is 0 Å². The Kier molecular flexibility index (Phi) is 5.76. The van der Waals surface area contributed by atoms with Crippen LogP contribution in [0.1, 0.15) is 13.3 Å². The molecule has 0 aliphatic heterocycles. The molecular formula is C15H22N2OS. The highest BCUT2D eigenvalue weighted by Gasteiger charge is 2.09. The number of rotatable bonds is 8. The highest BCUT2D eigenvalue weighted by molar-refractivity contribution is 7.99. The van der Waals surface area contributed by atoms with Crippen LogP contribution in [0.3, 0.4) is 0 Å². The summed E-state index contributed by atoms with van der Waals surface area (Å²) in [7, 11) is 1.76. The van der Waals surface area contributed by atoms with Crippen molar-refractivity contribution >= 4 is 22.7 Å². The SMILES string of the molecule is CCCNC(COC)CSc1cc2ccccc2[nH]1. The predicted octanol–water partition coefficient (Wildman–Crippen LogP) is 3.27. The van der Waals surface area contributed by atoms with Crippen molar-refractivity contribution < 1.29 is 4.74 Å². The van der Waals surface area contributed by atoms with Crippen molar-refractivity contribution in [3.8, 4) is 0 Å². The number of H-pyrrole nitrogens is 1. The van der Waals surface area contributed by atoms with Crippen LogP contribution in [0.15, 0.2) is 35.4 Å². The van der Waals surface area contributed by atoms with E-state index in [1.807, 2.05) is 11.8 Å². The maximum absolute atomic E-state index is 5.26. The fourth-order valence-electron chi connectivity index (χ4n) is 2.03. The Labute approximate surface area is 119 Å². The normalized spacial score (nSPS) is 12.9. The van der Waals surface area contributed by atoms with Gasteiger partial charge in [-0.05, 0) is 25.1 Å². The first-order valence-electron chi connectivity index (χ1n) is 6.76. The molecule has 19 heavy (non-hydrogen) atoms. The Hall–Kier alpha value is -0.970. The van der Waals surface area contributed by atoms with Crippen LogP contribution in [0.2, 0.25) is 0 Å². The first-order chi connectivity index (χ1) is 9.33. The zero-order chi connectivity index (χ0) is 13.5. The number of ether oxygens (including phenoxy) is 1. The minimum absolute atomic E-state index is 0.404. The van der Waals surface area contributed by atoms with Gasteiger partial charge < -0.3 is 15.0 Å². The number of fused-ring (bicyclic) bond motifs is 1. The van der Waals surface area contributed by atoms with E-state index in [2.05, 4.69) is 47.6 Å². The van der Waals surface area contributed by atoms with Gasteiger partial charge in [-0.25, -0.2) is 0 Å². The van der Waals surface area contributed by atoms with E-state index in [1.54, 1.807) is 7.11 Å². The van der Waals surface area contributed by atoms with Crippen LogP contribution >= 0.6 is 11.8 Å². The molecule has 1 aromatic heterocycles. The summed E-state index contributed by atoms with van der Waals surface area (Å²) in [4.78, 5) is 3.44. The highest BCUT2D eigenvalue weighted by Crippen LogP contribution is 2.23. The van der Waals surface area contributed by atoms with E-state index in [0.29, 0.717) is 6.04 Å². The van der Waals surface area contributed by atoms with E-state index in [0.717, 1.165) is 25.3 Å². The van der Waals surface area contributed by atoms with Crippen LogP contribution in [0.5, 0.6) is 0 Å². The fourth-order valence-corrected chi connectivity index (χ4v) is 3.02. The molecule has 3 nitrogen and oxygen atoms in total. The third kappa shape index (κ3) is 4.27. The van der Waals surface area contributed by atoms with Crippen molar-refractivity contribution in [1.29, 1.82) is 0 Å². The summed E-state index contributed by atoms with van der Waals surface area (Å²) in [6.07, 6.45) is 1.15. The molecule has 0 amide bonds. The lowest BCUT2D eigenvalue weighted by Gasteiger charge is -2.16. The Morgan fingerprint density at radius 1 is 1.37 bits per heavy atom. The molecule has 0 bridgehead atoms. The second-order valence-electron chi connectivity index (χ2n) is 4.64. The molecule has 0 saturated heterocycles. The zero-order valence-corrected chi connectivity index (χ0v) is 12.4. The summed E-state index contributed by atoms with van der Waals surface area (Å²) < 4.78 is 5.26. The van der Waals surface area contributed by atoms with Gasteiger partial charge in [0.05, 0.1) is 11.6 Å². The summed E-state index contributed by atoms with van der Waals surface area (Å²) in [6.45, 7) is 3.98. The molecule has 2 N–H and O–H groups in total. The van der Waals surface area contributed by atoms with Crippen LogP contribution in [-0.2, 0) is 4.74 Å². The monoisotopic (exact) mass is 278 g/mol. The van der Waals surface area contributed by atoms with Gasteiger partial charge in [0, 0.05) is 29.8 Å². The van der Waals surface area contributed by atoms with Gasteiger partial charge in [0.15, 0.2) is 0 Å². The lowest BCUT2D eigenvalue weighted by atomic mass is 10.3. The van der Waals surface area contributed by atoms with E-state index < -0.39 is 0 Å². The maximum Gasteiger partial charge on any atom is 0.0733 e. The van der Waals surface area contributed by atoms with Crippen LogP contribution < -0.4 is 5.32 Å². The fraction of sp³-hybridized carbons (Fsp3) is 0.467. The molecule has 0 spiro atoms. The average Bonchev–Trinajstić information content (AvgIpc) is 2.84. The molecule has 0 fully saturated rings. The van der Waals surface area contributed by atoms with E-state index in [4.69, 9.17) is 4.74 Å². The van der Waals surface area contributed by atoms with Gasteiger partial charge in [-0.1, -0.05) is 25.1 Å². The first kappa shape index (κ1) is 14.4. The number of para-hydroxylation sites is 1. The molecule has 2 rings (SSSR count). The van der Waals surface area contributed by atoms with Crippen LogP contribution in [0, 0.1) is 0 Å². The Bertz CT molecular complexity index is 465. The van der Waals surface area contributed by atoms with Gasteiger partial charge in [-0.2, -0.15) is 0 Å². The van der Waals surface area contributed by atoms with Crippen LogP contribution in [0.4, 0.5) is 0 Å². The van der Waals surface area contributed by atoms with Gasteiger partial charge in [-0.3, -0.25) is 0 Å². The molecule has 0 aliphatic rings. The molecule has 104 valence electrons. The third-order valence-electron chi connectivity index (χ3n) is 3.00. The van der Waals surface area contributed by atoms with Gasteiger partial charge in [0.1, 0.15) is 0 Å². The number of nitrogens with one attached hydrogen (secondary N) is 2. The molecule has 1 unspecified atom stereocenters. The number of aromatic amines is 1. The smallest absolute Gasteiger partial charge is 0.0733 e. The molecule has 1 aromatic carbocycles. The molecule has 0 aliphatic carbocycles. The summed E-state index contributed by atoms with van der Waals surface area (Å²) in [5.74, 6) is 1.01. The van der Waals surface area contributed by atoms with Crippen molar-refractivity contribution in [2.45, 2.75) is 24.4 Å². The summed E-state index contributed by atoms with van der Waals surface area (Å²) in [5.41, 5.74) is 1.20. The Balaban J connectivity index is 1.91.